The van der Waals surface area contributed by atoms with Gasteiger partial charge in [-0.05, 0) is 18.4 Å². The number of furan rings is 1. The largest absolute Gasteiger partial charge is 0.458 e. The van der Waals surface area contributed by atoms with Gasteiger partial charge in [-0.3, -0.25) is 14.9 Å². The summed E-state index contributed by atoms with van der Waals surface area (Å²) in [6.45, 7) is 0.833. The van der Waals surface area contributed by atoms with Crippen molar-refractivity contribution in [2.75, 3.05) is 18.0 Å². The molecule has 0 saturated carbocycles. The zero-order valence-corrected chi connectivity index (χ0v) is 15.2. The Morgan fingerprint density at radius 2 is 1.93 bits per heavy atom. The summed E-state index contributed by atoms with van der Waals surface area (Å²) >= 11 is 0. The van der Waals surface area contributed by atoms with Crippen molar-refractivity contribution in [2.45, 2.75) is 18.8 Å². The number of rotatable bonds is 5. The Labute approximate surface area is 163 Å². The standard InChI is InChI=1S/C18H17N5O6/c19-15(24)14-12(10-4-2-1-3-5-10)13(17(28-14)23(26)27)22-8-6-11(7-9-22)16-20-21-18(25)29-16/h1-5,11H,6-9H2,(H2,19,24)(H,21,25). The molecule has 29 heavy (non-hydrogen) atoms. The number of benzene rings is 1. The maximum absolute atomic E-state index is 11.9. The Morgan fingerprint density at radius 3 is 2.48 bits per heavy atom. The van der Waals surface area contributed by atoms with Crippen molar-refractivity contribution < 1.29 is 18.6 Å². The van der Waals surface area contributed by atoms with E-state index in [9.17, 15) is 19.7 Å². The Morgan fingerprint density at radius 1 is 1.24 bits per heavy atom. The van der Waals surface area contributed by atoms with Crippen LogP contribution in [0.15, 0.2) is 44.0 Å². The highest BCUT2D eigenvalue weighted by atomic mass is 16.6. The van der Waals surface area contributed by atoms with Crippen molar-refractivity contribution >= 4 is 17.5 Å². The van der Waals surface area contributed by atoms with Gasteiger partial charge < -0.3 is 19.5 Å². The molecule has 1 aliphatic heterocycles. The van der Waals surface area contributed by atoms with E-state index in [0.29, 0.717) is 42.9 Å². The van der Waals surface area contributed by atoms with E-state index in [4.69, 9.17) is 14.6 Å². The van der Waals surface area contributed by atoms with E-state index in [1.54, 1.807) is 35.2 Å². The maximum Gasteiger partial charge on any atom is 0.458 e. The third-order valence-corrected chi connectivity index (χ3v) is 4.93. The van der Waals surface area contributed by atoms with Gasteiger partial charge >= 0.3 is 11.6 Å². The normalized spacial score (nSPS) is 14.8. The number of hydrogen-bond donors (Lipinski definition) is 2. The topological polar surface area (TPSA) is 162 Å². The van der Waals surface area contributed by atoms with Crippen LogP contribution in [0.5, 0.6) is 0 Å². The van der Waals surface area contributed by atoms with Crippen LogP contribution in [0.1, 0.15) is 35.2 Å². The molecular formula is C18H17N5O6. The van der Waals surface area contributed by atoms with Gasteiger partial charge in [-0.15, -0.1) is 5.10 Å². The number of aromatic nitrogens is 2. The van der Waals surface area contributed by atoms with E-state index in [0.717, 1.165) is 0 Å². The number of H-pyrrole nitrogens is 1. The van der Waals surface area contributed by atoms with Gasteiger partial charge in [0.2, 0.25) is 11.7 Å². The number of amides is 1. The molecule has 0 aliphatic carbocycles. The minimum atomic E-state index is -0.883. The predicted molar refractivity (Wildman–Crippen MR) is 101 cm³/mol. The lowest BCUT2D eigenvalue weighted by Gasteiger charge is -2.31. The van der Waals surface area contributed by atoms with E-state index in [1.165, 1.54) is 0 Å². The molecule has 3 N–H and O–H groups in total. The molecular weight excluding hydrogens is 382 g/mol. The number of aromatic amines is 1. The van der Waals surface area contributed by atoms with Crippen molar-refractivity contribution in [3.05, 3.63) is 62.6 Å². The van der Waals surface area contributed by atoms with Gasteiger partial charge in [0, 0.05) is 19.0 Å². The third-order valence-electron chi connectivity index (χ3n) is 4.93. The second-order valence-corrected chi connectivity index (χ2v) is 6.66. The van der Waals surface area contributed by atoms with Crippen LogP contribution in [0.3, 0.4) is 0 Å². The van der Waals surface area contributed by atoms with Crippen LogP contribution in [0.2, 0.25) is 0 Å². The number of primary amides is 1. The molecule has 3 heterocycles. The van der Waals surface area contributed by atoms with Crippen LogP contribution in [0.4, 0.5) is 11.6 Å². The fourth-order valence-corrected chi connectivity index (χ4v) is 3.64. The highest BCUT2D eigenvalue weighted by molar-refractivity contribution is 6.03. The van der Waals surface area contributed by atoms with Gasteiger partial charge in [-0.25, -0.2) is 9.89 Å². The predicted octanol–water partition coefficient (Wildman–Crippen LogP) is 2.01. The molecule has 4 rings (SSSR count). The number of carbonyl (C=O) groups excluding carboxylic acids is 1. The zero-order chi connectivity index (χ0) is 20.5. The SMILES string of the molecule is NC(=O)c1oc([N+](=O)[O-])c(N2CCC(c3n[nH]c(=O)o3)CC2)c1-c1ccccc1. The van der Waals surface area contributed by atoms with Crippen LogP contribution in [-0.2, 0) is 0 Å². The van der Waals surface area contributed by atoms with Gasteiger partial charge in [0.25, 0.3) is 5.91 Å². The molecule has 0 atom stereocenters. The molecule has 1 saturated heterocycles. The van der Waals surface area contributed by atoms with Crippen LogP contribution in [0, 0.1) is 10.1 Å². The molecule has 0 spiro atoms. The van der Waals surface area contributed by atoms with E-state index >= 15 is 0 Å². The molecule has 1 aromatic carbocycles. The summed E-state index contributed by atoms with van der Waals surface area (Å²) in [5.41, 5.74) is 6.55. The Kier molecular flexibility index (Phi) is 4.63. The molecule has 11 heteroatoms. The number of carbonyl (C=O) groups is 1. The fraction of sp³-hybridized carbons (Fsp3) is 0.278. The van der Waals surface area contributed by atoms with Crippen molar-refractivity contribution in [3.63, 3.8) is 0 Å². The number of nitro groups is 1. The number of nitrogens with two attached hydrogens (primary N) is 1. The zero-order valence-electron chi connectivity index (χ0n) is 15.2. The Balaban J connectivity index is 1.74. The highest BCUT2D eigenvalue weighted by Gasteiger charge is 2.37. The first-order chi connectivity index (χ1) is 14.0. The quantitative estimate of drug-likeness (QED) is 0.486. The molecule has 11 nitrogen and oxygen atoms in total. The monoisotopic (exact) mass is 399 g/mol. The summed E-state index contributed by atoms with van der Waals surface area (Å²) in [6, 6.07) is 8.78. The molecule has 2 aromatic heterocycles. The molecule has 0 bridgehead atoms. The van der Waals surface area contributed by atoms with Gasteiger partial charge in [0.05, 0.1) is 5.56 Å². The van der Waals surface area contributed by atoms with Crippen LogP contribution in [0.25, 0.3) is 11.1 Å². The summed E-state index contributed by atoms with van der Waals surface area (Å²) in [5, 5.41) is 17.7. The lowest BCUT2D eigenvalue weighted by molar-refractivity contribution is -0.401. The first-order valence-electron chi connectivity index (χ1n) is 8.92. The first kappa shape index (κ1) is 18.5. The second kappa shape index (κ2) is 7.26. The molecule has 1 amide bonds. The minimum absolute atomic E-state index is 0.0908. The minimum Gasteiger partial charge on any atom is -0.393 e. The second-order valence-electron chi connectivity index (χ2n) is 6.66. The summed E-state index contributed by atoms with van der Waals surface area (Å²) in [7, 11) is 0. The molecule has 1 aliphatic rings. The number of nitrogens with zero attached hydrogens (tertiary/aromatic N) is 3. The first-order valence-corrected chi connectivity index (χ1v) is 8.92. The van der Waals surface area contributed by atoms with Gasteiger partial charge in [0.15, 0.2) is 5.69 Å². The third kappa shape index (κ3) is 3.37. The smallest absolute Gasteiger partial charge is 0.393 e. The van der Waals surface area contributed by atoms with E-state index in [1.807, 2.05) is 0 Å². The molecule has 0 radical (unpaired) electrons. The van der Waals surface area contributed by atoms with Gasteiger partial charge in [-0.1, -0.05) is 30.3 Å². The van der Waals surface area contributed by atoms with E-state index < -0.39 is 22.5 Å². The number of hydrogen-bond acceptors (Lipinski definition) is 8. The molecule has 0 unspecified atom stereocenters. The number of nitrogens with one attached hydrogen (secondary N) is 1. The average molecular weight is 399 g/mol. The summed E-state index contributed by atoms with van der Waals surface area (Å²) in [6.07, 6.45) is 1.10. The number of piperidine rings is 1. The van der Waals surface area contributed by atoms with Crippen molar-refractivity contribution in [2.24, 2.45) is 5.73 Å². The van der Waals surface area contributed by atoms with Crippen molar-refractivity contribution in [1.29, 1.82) is 0 Å². The molecule has 150 valence electrons. The molecule has 1 fully saturated rings. The van der Waals surface area contributed by atoms with Crippen LogP contribution >= 0.6 is 0 Å². The lowest BCUT2D eigenvalue weighted by atomic mass is 9.95. The Hall–Kier alpha value is -3.89. The Bertz CT molecular complexity index is 1110. The van der Waals surface area contributed by atoms with Crippen LogP contribution in [-0.4, -0.2) is 34.1 Å². The number of anilines is 1. The van der Waals surface area contributed by atoms with E-state index in [-0.39, 0.29) is 17.4 Å². The van der Waals surface area contributed by atoms with Crippen LogP contribution < -0.4 is 16.4 Å². The average Bonchev–Trinajstić information content (AvgIpc) is 3.33. The van der Waals surface area contributed by atoms with Crippen molar-refractivity contribution in [1.82, 2.24) is 10.2 Å². The maximum atomic E-state index is 11.9. The van der Waals surface area contributed by atoms with Gasteiger partial charge in [-0.2, -0.15) is 0 Å². The lowest BCUT2D eigenvalue weighted by Crippen LogP contribution is -2.33. The van der Waals surface area contributed by atoms with Gasteiger partial charge in [0.1, 0.15) is 4.92 Å². The van der Waals surface area contributed by atoms with Crippen molar-refractivity contribution in [3.8, 4) is 11.1 Å². The highest BCUT2D eigenvalue weighted by Crippen LogP contribution is 2.45. The fourth-order valence-electron chi connectivity index (χ4n) is 3.64. The van der Waals surface area contributed by atoms with E-state index in [2.05, 4.69) is 10.2 Å². The summed E-state index contributed by atoms with van der Waals surface area (Å²) in [5.74, 6) is -2.05. The summed E-state index contributed by atoms with van der Waals surface area (Å²) in [4.78, 5) is 35.9. The summed E-state index contributed by atoms with van der Waals surface area (Å²) < 4.78 is 10.3. The molecule has 3 aromatic rings.